The number of carbonyl (C=O) groups excluding carboxylic acids is 2. The van der Waals surface area contributed by atoms with Gasteiger partial charge in [0.2, 0.25) is 0 Å². The van der Waals surface area contributed by atoms with Crippen LogP contribution in [-0.2, 0) is 20.7 Å². The fourth-order valence-corrected chi connectivity index (χ4v) is 2.66. The molecule has 0 radical (unpaired) electrons. The number of alkyl halides is 1. The van der Waals surface area contributed by atoms with E-state index in [4.69, 9.17) is 21.1 Å². The minimum Gasteiger partial charge on any atom is -0.448 e. The van der Waals surface area contributed by atoms with Gasteiger partial charge >= 0.3 is 12.1 Å². The van der Waals surface area contributed by atoms with Gasteiger partial charge in [-0.15, -0.1) is 11.3 Å². The largest absolute Gasteiger partial charge is 0.448 e. The second kappa shape index (κ2) is 7.66. The van der Waals surface area contributed by atoms with Gasteiger partial charge in [-0.1, -0.05) is 11.6 Å². The molecule has 0 aliphatic carbocycles. The van der Waals surface area contributed by atoms with Crippen LogP contribution in [0.4, 0.5) is 4.79 Å². The van der Waals surface area contributed by atoms with Crippen molar-refractivity contribution in [2.45, 2.75) is 45.8 Å². The highest BCUT2D eigenvalue weighted by Crippen LogP contribution is 2.18. The van der Waals surface area contributed by atoms with Crippen LogP contribution >= 0.6 is 22.9 Å². The Balaban J connectivity index is 2.76. The van der Waals surface area contributed by atoms with Gasteiger partial charge in [0, 0.05) is 11.3 Å². The molecule has 5 nitrogen and oxygen atoms in total. The Hall–Kier alpha value is -1.27. The van der Waals surface area contributed by atoms with Crippen LogP contribution in [0.5, 0.6) is 0 Å². The Kier molecular flexibility index (Phi) is 6.48. The Labute approximate surface area is 133 Å². The minimum atomic E-state index is -0.823. The predicted octanol–water partition coefficient (Wildman–Crippen LogP) is 3.23. The van der Waals surface area contributed by atoms with Crippen molar-refractivity contribution in [3.05, 3.63) is 21.9 Å². The van der Waals surface area contributed by atoms with Crippen molar-refractivity contribution in [2.24, 2.45) is 0 Å². The first-order valence-electron chi connectivity index (χ1n) is 6.48. The maximum absolute atomic E-state index is 11.9. The first-order valence-corrected chi connectivity index (χ1v) is 7.89. The zero-order valence-corrected chi connectivity index (χ0v) is 14.1. The van der Waals surface area contributed by atoms with E-state index in [0.29, 0.717) is 6.42 Å². The van der Waals surface area contributed by atoms with Crippen molar-refractivity contribution in [1.29, 1.82) is 0 Å². The number of hydrogen-bond acceptors (Lipinski definition) is 5. The molecule has 21 heavy (non-hydrogen) atoms. The summed E-state index contributed by atoms with van der Waals surface area (Å²) in [5.41, 5.74) is 0.429. The van der Waals surface area contributed by atoms with Gasteiger partial charge < -0.3 is 14.8 Å². The minimum absolute atomic E-state index is 0.255. The number of nitrogens with one attached hydrogen (secondary N) is 1. The maximum Gasteiger partial charge on any atom is 0.408 e. The molecule has 0 bridgehead atoms. The van der Waals surface area contributed by atoms with Crippen LogP contribution in [0.3, 0.4) is 0 Å². The number of aryl methyl sites for hydroxylation is 1. The van der Waals surface area contributed by atoms with Crippen molar-refractivity contribution in [3.8, 4) is 0 Å². The Morgan fingerprint density at radius 2 is 2.10 bits per heavy atom. The molecular formula is C14H20ClNO4S. The lowest BCUT2D eigenvalue weighted by molar-refractivity contribution is -0.144. The number of esters is 1. The smallest absolute Gasteiger partial charge is 0.408 e. The summed E-state index contributed by atoms with van der Waals surface area (Å²) in [5, 5.41) is 4.47. The van der Waals surface area contributed by atoms with Crippen LogP contribution in [0.1, 0.15) is 31.2 Å². The van der Waals surface area contributed by atoms with Gasteiger partial charge in [-0.25, -0.2) is 9.59 Å². The topological polar surface area (TPSA) is 64.6 Å². The molecule has 0 aliphatic heterocycles. The molecule has 0 aliphatic rings. The highest BCUT2D eigenvalue weighted by molar-refractivity contribution is 7.10. The number of carbonyl (C=O) groups is 2. The van der Waals surface area contributed by atoms with Crippen LogP contribution in [0.25, 0.3) is 0 Å². The number of alkyl carbamates (subject to hydrolysis) is 1. The van der Waals surface area contributed by atoms with Gasteiger partial charge in [0.05, 0.1) is 0 Å². The fraction of sp³-hybridized carbons (Fsp3) is 0.571. The highest BCUT2D eigenvalue weighted by Gasteiger charge is 2.26. The van der Waals surface area contributed by atoms with Gasteiger partial charge in [0.15, 0.2) is 6.07 Å². The first-order chi connectivity index (χ1) is 9.73. The van der Waals surface area contributed by atoms with Crippen molar-refractivity contribution < 1.29 is 19.1 Å². The summed E-state index contributed by atoms with van der Waals surface area (Å²) in [4.78, 5) is 24.7. The second-order valence-electron chi connectivity index (χ2n) is 5.50. The lowest BCUT2D eigenvalue weighted by atomic mass is 10.1. The molecule has 7 heteroatoms. The van der Waals surface area contributed by atoms with E-state index in [-0.39, 0.29) is 6.07 Å². The van der Waals surface area contributed by atoms with Crippen molar-refractivity contribution in [1.82, 2.24) is 5.32 Å². The zero-order chi connectivity index (χ0) is 16.0. The Bertz CT molecular complexity index is 495. The lowest BCUT2D eigenvalue weighted by Gasteiger charge is -2.22. The monoisotopic (exact) mass is 333 g/mol. The molecule has 0 saturated heterocycles. The summed E-state index contributed by atoms with van der Waals surface area (Å²) in [7, 11) is 0. The molecule has 118 valence electrons. The molecule has 0 fully saturated rings. The van der Waals surface area contributed by atoms with Crippen molar-refractivity contribution >= 4 is 35.0 Å². The summed E-state index contributed by atoms with van der Waals surface area (Å²) in [6.07, 6.45) is -0.313. The molecule has 1 N–H and O–H groups in total. The Morgan fingerprint density at radius 3 is 2.57 bits per heavy atom. The molecule has 1 heterocycles. The third kappa shape index (κ3) is 6.35. The number of rotatable bonds is 5. The normalized spacial score (nSPS) is 12.6. The molecule has 0 spiro atoms. The number of amides is 1. The quantitative estimate of drug-likeness (QED) is 0.663. The van der Waals surface area contributed by atoms with Gasteiger partial charge in [-0.05, 0) is 44.7 Å². The van der Waals surface area contributed by atoms with Crippen LogP contribution in [0.15, 0.2) is 11.4 Å². The summed E-state index contributed by atoms with van der Waals surface area (Å²) in [6.45, 7) is 7.20. The third-order valence-corrected chi connectivity index (χ3v) is 3.68. The average molecular weight is 334 g/mol. The second-order valence-corrected chi connectivity index (χ2v) is 6.72. The zero-order valence-electron chi connectivity index (χ0n) is 12.6. The number of thiophene rings is 1. The maximum atomic E-state index is 11.9. The summed E-state index contributed by atoms with van der Waals surface area (Å²) < 4.78 is 9.94. The number of halogens is 1. The van der Waals surface area contributed by atoms with E-state index in [0.717, 1.165) is 10.4 Å². The summed E-state index contributed by atoms with van der Waals surface area (Å²) >= 11 is 6.93. The molecule has 1 rings (SSSR count). The van der Waals surface area contributed by atoms with E-state index in [1.54, 1.807) is 20.8 Å². The molecule has 1 aromatic rings. The Morgan fingerprint density at radius 1 is 1.43 bits per heavy atom. The molecule has 0 unspecified atom stereocenters. The molecule has 0 saturated carbocycles. The molecular weight excluding hydrogens is 314 g/mol. The predicted molar refractivity (Wildman–Crippen MR) is 82.7 cm³/mol. The third-order valence-electron chi connectivity index (χ3n) is 2.53. The number of hydrogen-bond donors (Lipinski definition) is 1. The van der Waals surface area contributed by atoms with Crippen LogP contribution in [0, 0.1) is 6.92 Å². The average Bonchev–Trinajstić information content (AvgIpc) is 2.72. The van der Waals surface area contributed by atoms with E-state index in [2.05, 4.69) is 5.32 Å². The molecule has 1 amide bonds. The lowest BCUT2D eigenvalue weighted by Crippen LogP contribution is -2.45. The van der Waals surface area contributed by atoms with E-state index < -0.39 is 23.7 Å². The molecule has 1 atom stereocenters. The molecule has 1 aromatic heterocycles. The highest BCUT2D eigenvalue weighted by atomic mass is 35.5. The van der Waals surface area contributed by atoms with Gasteiger partial charge in [0.1, 0.15) is 11.6 Å². The van der Waals surface area contributed by atoms with Crippen LogP contribution < -0.4 is 5.32 Å². The van der Waals surface area contributed by atoms with E-state index in [1.165, 1.54) is 11.3 Å². The van der Waals surface area contributed by atoms with Crippen LogP contribution in [-0.4, -0.2) is 29.8 Å². The van der Waals surface area contributed by atoms with Crippen molar-refractivity contribution in [2.75, 3.05) is 6.07 Å². The first kappa shape index (κ1) is 17.8. The van der Waals surface area contributed by atoms with Gasteiger partial charge in [-0.2, -0.15) is 0 Å². The van der Waals surface area contributed by atoms with Crippen LogP contribution in [0.2, 0.25) is 0 Å². The fourth-order valence-electron chi connectivity index (χ4n) is 1.60. The van der Waals surface area contributed by atoms with E-state index in [1.807, 2.05) is 18.4 Å². The summed E-state index contributed by atoms with van der Waals surface area (Å²) in [5.74, 6) is -0.580. The van der Waals surface area contributed by atoms with E-state index >= 15 is 0 Å². The standard InChI is InChI=1S/C14H20ClNO4S/c1-9-5-6-21-11(9)7-10(12(17)19-8-15)16-13(18)20-14(2,3)4/h5-6,10H,7-8H2,1-4H3,(H,16,18)/t10-/m1/s1. The van der Waals surface area contributed by atoms with Gasteiger partial charge in [-0.3, -0.25) is 0 Å². The molecule has 0 aromatic carbocycles. The van der Waals surface area contributed by atoms with E-state index in [9.17, 15) is 9.59 Å². The summed E-state index contributed by atoms with van der Waals surface area (Å²) in [6, 6.07) is 0.877. The van der Waals surface area contributed by atoms with Crippen molar-refractivity contribution in [3.63, 3.8) is 0 Å². The SMILES string of the molecule is Cc1ccsc1C[C@@H](NC(=O)OC(C)(C)C)C(=O)OCCl. The van der Waals surface area contributed by atoms with Gasteiger partial charge in [0.25, 0.3) is 0 Å². The number of ether oxygens (including phenoxy) is 2.